The van der Waals surface area contributed by atoms with Crippen LogP contribution in [0, 0.1) is 6.92 Å². The average molecular weight is 479 g/mol. The Morgan fingerprint density at radius 1 is 1.12 bits per heavy atom. The highest BCUT2D eigenvalue weighted by Gasteiger charge is 2.35. The predicted molar refractivity (Wildman–Crippen MR) is 135 cm³/mol. The molecule has 7 heteroatoms. The highest BCUT2D eigenvalue weighted by Crippen LogP contribution is 2.43. The second kappa shape index (κ2) is 10.3. The Balaban J connectivity index is 1.71. The van der Waals surface area contributed by atoms with Gasteiger partial charge in [-0.15, -0.1) is 11.3 Å². The van der Waals surface area contributed by atoms with Crippen LogP contribution in [0.2, 0.25) is 0 Å². The van der Waals surface area contributed by atoms with Crippen LogP contribution in [-0.2, 0) is 17.6 Å². The van der Waals surface area contributed by atoms with Crippen molar-refractivity contribution in [2.45, 2.75) is 39.7 Å². The maximum Gasteiger partial charge on any atom is 0.340 e. The first-order valence-electron chi connectivity index (χ1n) is 11.6. The molecule has 2 amide bonds. The maximum absolute atomic E-state index is 13.6. The highest BCUT2D eigenvalue weighted by molar-refractivity contribution is 7.12. The summed E-state index contributed by atoms with van der Waals surface area (Å²) in [5.41, 5.74) is 4.57. The van der Waals surface area contributed by atoms with E-state index in [9.17, 15) is 9.59 Å². The Hall–Kier alpha value is -3.32. The molecule has 6 nitrogen and oxygen atoms in total. The van der Waals surface area contributed by atoms with Crippen molar-refractivity contribution in [3.05, 3.63) is 80.5 Å². The Labute approximate surface area is 204 Å². The number of ether oxygens (including phenoxy) is 2. The first-order chi connectivity index (χ1) is 16.5. The summed E-state index contributed by atoms with van der Waals surface area (Å²) in [4.78, 5) is 30.4. The minimum Gasteiger partial charge on any atom is -0.497 e. The second-order valence-corrected chi connectivity index (χ2v) is 9.40. The van der Waals surface area contributed by atoms with E-state index in [1.165, 1.54) is 20.9 Å². The second-order valence-electron chi connectivity index (χ2n) is 8.15. The number of esters is 1. The Bertz CT molecular complexity index is 1190. The standard InChI is InChI=1S/C27H30N2O4S/c1-5-20-17(3)34-25-21(20)15-16-29(24(25)18-11-13-19(32-4)14-12-18)27(31)28-23-10-8-7-9-22(23)26(30)33-6-2/h7-14,24H,5-6,15-16H2,1-4H3,(H,28,31)/t24-/m0/s1. The number of carbonyl (C=O) groups is 2. The van der Waals surface area contributed by atoms with Crippen molar-refractivity contribution in [3.8, 4) is 5.75 Å². The van der Waals surface area contributed by atoms with Gasteiger partial charge >= 0.3 is 12.0 Å². The lowest BCUT2D eigenvalue weighted by Gasteiger charge is -2.36. The predicted octanol–water partition coefficient (Wildman–Crippen LogP) is 5.98. The lowest BCUT2D eigenvalue weighted by molar-refractivity contribution is 0.0527. The topological polar surface area (TPSA) is 67.9 Å². The zero-order valence-electron chi connectivity index (χ0n) is 20.0. The fourth-order valence-corrected chi connectivity index (χ4v) is 6.06. The van der Waals surface area contributed by atoms with Crippen molar-refractivity contribution in [1.82, 2.24) is 4.90 Å². The first-order valence-corrected chi connectivity index (χ1v) is 12.4. The SMILES string of the molecule is CCOC(=O)c1ccccc1NC(=O)N1CCc2c(sc(C)c2CC)[C@@H]1c1ccc(OC)cc1. The van der Waals surface area contributed by atoms with Gasteiger partial charge in [-0.2, -0.15) is 0 Å². The van der Waals surface area contributed by atoms with Crippen molar-refractivity contribution in [2.75, 3.05) is 25.6 Å². The molecule has 0 bridgehead atoms. The van der Waals surface area contributed by atoms with E-state index in [1.54, 1.807) is 49.6 Å². The van der Waals surface area contributed by atoms with Gasteiger partial charge in [0.1, 0.15) is 5.75 Å². The lowest BCUT2D eigenvalue weighted by Crippen LogP contribution is -2.42. The van der Waals surface area contributed by atoms with Gasteiger partial charge in [0.2, 0.25) is 0 Å². The van der Waals surface area contributed by atoms with Crippen LogP contribution in [0.5, 0.6) is 5.75 Å². The molecule has 1 N–H and O–H groups in total. The van der Waals surface area contributed by atoms with Crippen LogP contribution >= 0.6 is 11.3 Å². The fourth-order valence-electron chi connectivity index (χ4n) is 4.61. The molecule has 0 unspecified atom stereocenters. The smallest absolute Gasteiger partial charge is 0.340 e. The number of amides is 2. The van der Waals surface area contributed by atoms with Crippen LogP contribution < -0.4 is 10.1 Å². The maximum atomic E-state index is 13.6. The summed E-state index contributed by atoms with van der Waals surface area (Å²) in [6.07, 6.45) is 1.79. The van der Waals surface area contributed by atoms with E-state index in [2.05, 4.69) is 19.2 Å². The van der Waals surface area contributed by atoms with Gasteiger partial charge in [-0.3, -0.25) is 0 Å². The van der Waals surface area contributed by atoms with Crippen LogP contribution in [0.25, 0.3) is 0 Å². The normalized spacial score (nSPS) is 14.9. The number of carbonyl (C=O) groups excluding carboxylic acids is 2. The molecule has 34 heavy (non-hydrogen) atoms. The zero-order chi connectivity index (χ0) is 24.2. The number of rotatable bonds is 6. The summed E-state index contributed by atoms with van der Waals surface area (Å²) in [5.74, 6) is 0.322. The third-order valence-corrected chi connectivity index (χ3v) is 7.46. The van der Waals surface area contributed by atoms with Crippen LogP contribution in [-0.4, -0.2) is 37.2 Å². The number of urea groups is 1. The molecule has 178 valence electrons. The number of thiophene rings is 1. The molecular weight excluding hydrogens is 448 g/mol. The van der Waals surface area contributed by atoms with Gasteiger partial charge in [0, 0.05) is 16.3 Å². The number of methoxy groups -OCH3 is 1. The third kappa shape index (κ3) is 4.53. The summed E-state index contributed by atoms with van der Waals surface area (Å²) in [6, 6.07) is 14.4. The van der Waals surface area contributed by atoms with E-state index in [0.29, 0.717) is 17.8 Å². The average Bonchev–Trinajstić information content (AvgIpc) is 3.18. The van der Waals surface area contributed by atoms with Gasteiger partial charge in [0.05, 0.1) is 31.0 Å². The molecule has 0 aliphatic carbocycles. The Morgan fingerprint density at radius 3 is 2.53 bits per heavy atom. The monoisotopic (exact) mass is 478 g/mol. The van der Waals surface area contributed by atoms with Gasteiger partial charge in [0.25, 0.3) is 0 Å². The van der Waals surface area contributed by atoms with Crippen LogP contribution in [0.1, 0.15) is 56.7 Å². The fraction of sp³-hybridized carbons (Fsp3) is 0.333. The number of para-hydroxylation sites is 1. The molecule has 4 rings (SSSR count). The molecule has 1 aromatic heterocycles. The van der Waals surface area contributed by atoms with Gasteiger partial charge in [-0.1, -0.05) is 31.2 Å². The number of hydrogen-bond acceptors (Lipinski definition) is 5. The van der Waals surface area contributed by atoms with Gasteiger partial charge in [-0.25, -0.2) is 9.59 Å². The quantitative estimate of drug-likeness (QED) is 0.442. The van der Waals surface area contributed by atoms with Crippen molar-refractivity contribution in [3.63, 3.8) is 0 Å². The molecule has 0 spiro atoms. The molecule has 1 aliphatic rings. The summed E-state index contributed by atoms with van der Waals surface area (Å²) >= 11 is 1.77. The molecule has 2 aromatic carbocycles. The van der Waals surface area contributed by atoms with E-state index in [1.807, 2.05) is 29.2 Å². The number of aryl methyl sites for hydroxylation is 1. The molecule has 1 aliphatic heterocycles. The molecular formula is C27H30N2O4S. The van der Waals surface area contributed by atoms with Gasteiger partial charge < -0.3 is 19.7 Å². The molecule has 0 saturated carbocycles. The molecule has 0 saturated heterocycles. The minimum absolute atomic E-state index is 0.214. The van der Waals surface area contributed by atoms with Gasteiger partial charge in [0.15, 0.2) is 0 Å². The Kier molecular flexibility index (Phi) is 7.22. The number of anilines is 1. The number of nitrogens with zero attached hydrogens (tertiary/aromatic N) is 1. The van der Waals surface area contributed by atoms with Crippen LogP contribution in [0.3, 0.4) is 0 Å². The van der Waals surface area contributed by atoms with Crippen LogP contribution in [0.15, 0.2) is 48.5 Å². The highest BCUT2D eigenvalue weighted by atomic mass is 32.1. The molecule has 1 atom stereocenters. The molecule has 2 heterocycles. The van der Waals surface area contributed by atoms with Crippen molar-refractivity contribution in [2.24, 2.45) is 0 Å². The zero-order valence-corrected chi connectivity index (χ0v) is 20.8. The lowest BCUT2D eigenvalue weighted by atomic mass is 9.92. The molecule has 3 aromatic rings. The van der Waals surface area contributed by atoms with Crippen LogP contribution in [0.4, 0.5) is 10.5 Å². The number of nitrogens with one attached hydrogen (secondary N) is 1. The van der Waals surface area contributed by atoms with Crippen molar-refractivity contribution >= 4 is 29.0 Å². The van der Waals surface area contributed by atoms with Gasteiger partial charge in [-0.05, 0) is 67.6 Å². The minimum atomic E-state index is -0.451. The van der Waals surface area contributed by atoms with E-state index in [-0.39, 0.29) is 18.7 Å². The summed E-state index contributed by atoms with van der Waals surface area (Å²) in [6.45, 7) is 6.96. The summed E-state index contributed by atoms with van der Waals surface area (Å²) < 4.78 is 10.5. The summed E-state index contributed by atoms with van der Waals surface area (Å²) in [7, 11) is 1.64. The van der Waals surface area contributed by atoms with E-state index < -0.39 is 5.97 Å². The van der Waals surface area contributed by atoms with E-state index >= 15 is 0 Å². The molecule has 0 radical (unpaired) electrons. The number of hydrogen-bond donors (Lipinski definition) is 1. The van der Waals surface area contributed by atoms with E-state index in [0.717, 1.165) is 24.2 Å². The third-order valence-electron chi connectivity index (χ3n) is 6.22. The number of benzene rings is 2. The largest absolute Gasteiger partial charge is 0.497 e. The molecule has 0 fully saturated rings. The Morgan fingerprint density at radius 2 is 1.85 bits per heavy atom. The number of fused-ring (bicyclic) bond motifs is 1. The summed E-state index contributed by atoms with van der Waals surface area (Å²) in [5, 5.41) is 2.97. The first kappa shape index (κ1) is 23.8. The van der Waals surface area contributed by atoms with Crippen molar-refractivity contribution in [1.29, 1.82) is 0 Å². The van der Waals surface area contributed by atoms with Crippen molar-refractivity contribution < 1.29 is 19.1 Å². The van der Waals surface area contributed by atoms with E-state index in [4.69, 9.17) is 9.47 Å².